The van der Waals surface area contributed by atoms with Gasteiger partial charge in [0.2, 0.25) is 0 Å². The number of quaternary nitrogens is 2. The first-order valence-electron chi connectivity index (χ1n) is 10.1. The maximum atomic E-state index is 2.35. The molecule has 134 valence electrons. The molecule has 0 unspecified atom stereocenters. The maximum Gasteiger partial charge on any atom is 0.0786 e. The lowest BCUT2D eigenvalue weighted by molar-refractivity contribution is -0.923. The van der Waals surface area contributed by atoms with Crippen molar-refractivity contribution in [1.29, 1.82) is 0 Å². The molecule has 0 radical (unpaired) electrons. The number of rotatable bonds is 15. The molecule has 0 rings (SSSR count). The molecule has 0 aliphatic carbocycles. The zero-order valence-corrected chi connectivity index (χ0v) is 16.8. The summed E-state index contributed by atoms with van der Waals surface area (Å²) in [5.41, 5.74) is 0. The van der Waals surface area contributed by atoms with E-state index in [-0.39, 0.29) is 0 Å². The Kier molecular flexibility index (Phi) is 12.3. The Bertz CT molecular complexity index is 236. The SMILES string of the molecule is CC[N+](C)(C)CCCCCCCCCC[N+](CC)(CC)CC. The number of hydrogen-bond acceptors (Lipinski definition) is 0. The molecule has 0 aromatic carbocycles. The highest BCUT2D eigenvalue weighted by Crippen LogP contribution is 2.13. The van der Waals surface area contributed by atoms with Crippen LogP contribution in [0.1, 0.15) is 79.1 Å². The van der Waals surface area contributed by atoms with Gasteiger partial charge in [0.1, 0.15) is 0 Å². The van der Waals surface area contributed by atoms with Crippen molar-refractivity contribution in [1.82, 2.24) is 0 Å². The molecule has 0 aliphatic heterocycles. The first-order chi connectivity index (χ1) is 10.4. The predicted octanol–water partition coefficient (Wildman–Crippen LogP) is 5.08. The summed E-state index contributed by atoms with van der Waals surface area (Å²) in [5, 5.41) is 0. The van der Waals surface area contributed by atoms with Crippen LogP contribution in [0.2, 0.25) is 0 Å². The standard InChI is InChI=1S/C20H46N2/c1-7-21(5,6)19-17-15-13-11-12-14-16-18-20-22(8-2,9-3)10-4/h7-20H2,1-6H3/q+2. The van der Waals surface area contributed by atoms with E-state index in [9.17, 15) is 0 Å². The Morgan fingerprint density at radius 3 is 1.18 bits per heavy atom. The zero-order chi connectivity index (χ0) is 16.9. The van der Waals surface area contributed by atoms with Crippen LogP contribution in [0.3, 0.4) is 0 Å². The fourth-order valence-corrected chi connectivity index (χ4v) is 3.35. The van der Waals surface area contributed by atoms with Crippen molar-refractivity contribution >= 4 is 0 Å². The maximum absolute atomic E-state index is 2.35. The molecule has 0 saturated carbocycles. The van der Waals surface area contributed by atoms with E-state index in [0.717, 1.165) is 0 Å². The summed E-state index contributed by atoms with van der Waals surface area (Å²) in [6.45, 7) is 17.3. The van der Waals surface area contributed by atoms with Crippen LogP contribution in [0.4, 0.5) is 0 Å². The van der Waals surface area contributed by atoms with Gasteiger partial charge in [0.25, 0.3) is 0 Å². The summed E-state index contributed by atoms with van der Waals surface area (Å²) >= 11 is 0. The summed E-state index contributed by atoms with van der Waals surface area (Å²) in [4.78, 5) is 0. The summed E-state index contributed by atoms with van der Waals surface area (Å²) in [6.07, 6.45) is 11.5. The fourth-order valence-electron chi connectivity index (χ4n) is 3.35. The van der Waals surface area contributed by atoms with Crippen LogP contribution in [0.5, 0.6) is 0 Å². The van der Waals surface area contributed by atoms with Gasteiger partial charge in [-0.2, -0.15) is 0 Å². The fraction of sp³-hybridized carbons (Fsp3) is 1.00. The van der Waals surface area contributed by atoms with E-state index < -0.39 is 0 Å². The summed E-state index contributed by atoms with van der Waals surface area (Å²) in [6, 6.07) is 0. The third-order valence-electron chi connectivity index (χ3n) is 6.01. The third kappa shape index (κ3) is 9.84. The Morgan fingerprint density at radius 2 is 0.818 bits per heavy atom. The Hall–Kier alpha value is -0.0800. The van der Waals surface area contributed by atoms with Crippen LogP contribution >= 0.6 is 0 Å². The van der Waals surface area contributed by atoms with E-state index in [1.54, 1.807) is 0 Å². The van der Waals surface area contributed by atoms with E-state index in [1.807, 2.05) is 0 Å². The molecule has 2 nitrogen and oxygen atoms in total. The van der Waals surface area contributed by atoms with Gasteiger partial charge in [0, 0.05) is 0 Å². The largest absolute Gasteiger partial charge is 0.329 e. The van der Waals surface area contributed by atoms with Crippen molar-refractivity contribution in [3.63, 3.8) is 0 Å². The van der Waals surface area contributed by atoms with Crippen LogP contribution in [0.15, 0.2) is 0 Å². The molecule has 0 fully saturated rings. The first-order valence-corrected chi connectivity index (χ1v) is 10.1. The lowest BCUT2D eigenvalue weighted by Crippen LogP contribution is -2.48. The molecule has 0 saturated heterocycles. The second-order valence-electron chi connectivity index (χ2n) is 7.82. The lowest BCUT2D eigenvalue weighted by Gasteiger charge is -2.35. The third-order valence-corrected chi connectivity index (χ3v) is 6.01. The van der Waals surface area contributed by atoms with Gasteiger partial charge in [0.05, 0.1) is 53.4 Å². The average Bonchev–Trinajstić information content (AvgIpc) is 2.53. The van der Waals surface area contributed by atoms with Crippen LogP contribution in [-0.2, 0) is 0 Å². The molecule has 0 bridgehead atoms. The van der Waals surface area contributed by atoms with E-state index in [4.69, 9.17) is 0 Å². The van der Waals surface area contributed by atoms with Crippen molar-refractivity contribution in [2.75, 3.05) is 53.4 Å². The number of unbranched alkanes of at least 4 members (excludes halogenated alkanes) is 7. The van der Waals surface area contributed by atoms with Gasteiger partial charge < -0.3 is 8.97 Å². The van der Waals surface area contributed by atoms with Crippen molar-refractivity contribution in [3.05, 3.63) is 0 Å². The van der Waals surface area contributed by atoms with Crippen LogP contribution in [0.25, 0.3) is 0 Å². The topological polar surface area (TPSA) is 0 Å². The average molecular weight is 315 g/mol. The second kappa shape index (κ2) is 12.4. The first kappa shape index (κ1) is 21.9. The van der Waals surface area contributed by atoms with Gasteiger partial charge >= 0.3 is 0 Å². The quantitative estimate of drug-likeness (QED) is 0.292. The van der Waals surface area contributed by atoms with Crippen molar-refractivity contribution < 1.29 is 8.97 Å². The molecular formula is C20H46N2+2. The Morgan fingerprint density at radius 1 is 0.455 bits per heavy atom. The van der Waals surface area contributed by atoms with E-state index in [0.29, 0.717) is 0 Å². The molecule has 0 N–H and O–H groups in total. The van der Waals surface area contributed by atoms with Gasteiger partial charge in [0.15, 0.2) is 0 Å². The highest BCUT2D eigenvalue weighted by atomic mass is 15.3. The van der Waals surface area contributed by atoms with Crippen LogP contribution < -0.4 is 0 Å². The van der Waals surface area contributed by atoms with Crippen molar-refractivity contribution in [3.8, 4) is 0 Å². The molecule has 0 aliphatic rings. The smallest absolute Gasteiger partial charge is 0.0786 e. The highest BCUT2D eigenvalue weighted by Gasteiger charge is 2.19. The minimum atomic E-state index is 1.19. The lowest BCUT2D eigenvalue weighted by atomic mass is 10.1. The minimum absolute atomic E-state index is 1.19. The molecular weight excluding hydrogens is 268 g/mol. The van der Waals surface area contributed by atoms with Gasteiger partial charge in [-0.3, -0.25) is 0 Å². The Labute approximate surface area is 142 Å². The molecule has 0 amide bonds. The van der Waals surface area contributed by atoms with E-state index in [1.165, 1.54) is 99.6 Å². The molecule has 0 aromatic heterocycles. The number of hydrogen-bond donors (Lipinski definition) is 0. The molecule has 0 aromatic rings. The molecule has 0 spiro atoms. The zero-order valence-electron chi connectivity index (χ0n) is 16.8. The van der Waals surface area contributed by atoms with E-state index in [2.05, 4.69) is 41.8 Å². The van der Waals surface area contributed by atoms with Crippen LogP contribution in [-0.4, -0.2) is 62.3 Å². The molecule has 0 heterocycles. The summed E-state index contributed by atoms with van der Waals surface area (Å²) in [5.74, 6) is 0. The minimum Gasteiger partial charge on any atom is -0.329 e. The van der Waals surface area contributed by atoms with Gasteiger partial charge in [-0.15, -0.1) is 0 Å². The highest BCUT2D eigenvalue weighted by molar-refractivity contribution is 4.48. The Balaban J connectivity index is 3.44. The van der Waals surface area contributed by atoms with Gasteiger partial charge in [-0.25, -0.2) is 0 Å². The van der Waals surface area contributed by atoms with Gasteiger partial charge in [-0.05, 0) is 53.4 Å². The molecule has 0 atom stereocenters. The monoisotopic (exact) mass is 314 g/mol. The van der Waals surface area contributed by atoms with E-state index >= 15 is 0 Å². The van der Waals surface area contributed by atoms with Gasteiger partial charge in [-0.1, -0.05) is 25.7 Å². The molecule has 2 heteroatoms. The predicted molar refractivity (Wildman–Crippen MR) is 101 cm³/mol. The summed E-state index contributed by atoms with van der Waals surface area (Å²) in [7, 11) is 4.70. The normalized spacial score (nSPS) is 12.8. The van der Waals surface area contributed by atoms with Crippen molar-refractivity contribution in [2.45, 2.75) is 79.1 Å². The molecule has 22 heavy (non-hydrogen) atoms. The van der Waals surface area contributed by atoms with Crippen LogP contribution in [0, 0.1) is 0 Å². The second-order valence-corrected chi connectivity index (χ2v) is 7.82. The van der Waals surface area contributed by atoms with Crippen molar-refractivity contribution in [2.24, 2.45) is 0 Å². The summed E-state index contributed by atoms with van der Waals surface area (Å²) < 4.78 is 2.51. The number of nitrogens with zero attached hydrogens (tertiary/aromatic N) is 2.